The minimum Gasteiger partial charge on any atom is -0.465 e. The normalized spacial score (nSPS) is 11.1. The quantitative estimate of drug-likeness (QED) is 0.126. The molecule has 0 saturated carbocycles. The van der Waals surface area contributed by atoms with Crippen LogP contribution < -0.4 is 20.3 Å². The van der Waals surface area contributed by atoms with Crippen molar-refractivity contribution < 1.29 is 28.9 Å². The van der Waals surface area contributed by atoms with Gasteiger partial charge in [0.1, 0.15) is 17.3 Å². The van der Waals surface area contributed by atoms with Gasteiger partial charge in [0.05, 0.1) is 25.5 Å². The number of rotatable bonds is 12. The fourth-order valence-electron chi connectivity index (χ4n) is 4.61. The molecule has 3 N–H and O–H groups in total. The topological polar surface area (TPSA) is 122 Å². The van der Waals surface area contributed by atoms with Crippen LogP contribution in [0.2, 0.25) is 0 Å². The van der Waals surface area contributed by atoms with Crippen molar-refractivity contribution in [1.29, 1.82) is 0 Å². The Bertz CT molecular complexity index is 1670. The lowest BCUT2D eigenvalue weighted by molar-refractivity contribution is 0.0692. The first-order chi connectivity index (χ1) is 21.1. The summed E-state index contributed by atoms with van der Waals surface area (Å²) in [5.41, 5.74) is 1.41. The van der Waals surface area contributed by atoms with Crippen molar-refractivity contribution in [2.75, 3.05) is 43.7 Å². The van der Waals surface area contributed by atoms with E-state index in [9.17, 15) is 14.7 Å². The molecule has 10 heteroatoms. The third kappa shape index (κ3) is 8.04. The fraction of sp³-hybridized carbons (Fsp3) is 0.265. The number of hydrogen-bond donors (Lipinski definition) is 3. The largest absolute Gasteiger partial charge is 0.465 e. The van der Waals surface area contributed by atoms with Crippen molar-refractivity contribution in [2.24, 2.45) is 0 Å². The predicted octanol–water partition coefficient (Wildman–Crippen LogP) is 6.43. The molecule has 0 spiro atoms. The van der Waals surface area contributed by atoms with Crippen LogP contribution in [0.4, 0.5) is 22.0 Å². The second-order valence-electron chi connectivity index (χ2n) is 10.8. The van der Waals surface area contributed by atoms with E-state index >= 15 is 0 Å². The van der Waals surface area contributed by atoms with E-state index in [1.807, 2.05) is 45.0 Å². The van der Waals surface area contributed by atoms with Gasteiger partial charge in [-0.15, -0.1) is 6.42 Å². The van der Waals surface area contributed by atoms with Crippen LogP contribution in [0.3, 0.4) is 0 Å². The summed E-state index contributed by atoms with van der Waals surface area (Å²) in [7, 11) is 1.60. The number of carbonyl (C=O) groups excluding carboxylic acids is 1. The van der Waals surface area contributed by atoms with E-state index in [0.29, 0.717) is 66.2 Å². The van der Waals surface area contributed by atoms with Gasteiger partial charge in [-0.25, -0.2) is 9.78 Å². The average Bonchev–Trinajstić information content (AvgIpc) is 2.99. The van der Waals surface area contributed by atoms with Crippen molar-refractivity contribution in [3.05, 3.63) is 84.1 Å². The number of fused-ring (bicyclic) bond motifs is 1. The third-order valence-electron chi connectivity index (χ3n) is 6.52. The number of anilines is 3. The molecule has 0 bridgehead atoms. The SMILES string of the molecule is C#Cc1cc(Nc2cc(Oc3ccc(N(C(=O)O)C(C)(C)C)c4ccccc34)ccn2)cc(C(=O)NCCOCCOC)c1. The highest BCUT2D eigenvalue weighted by atomic mass is 16.5. The molecule has 4 aromatic rings. The second kappa shape index (κ2) is 14.4. The summed E-state index contributed by atoms with van der Waals surface area (Å²) in [6.45, 7) is 7.18. The van der Waals surface area contributed by atoms with Crippen LogP contribution >= 0.6 is 0 Å². The molecule has 0 aliphatic rings. The molecule has 4 rings (SSSR count). The van der Waals surface area contributed by atoms with Gasteiger partial charge < -0.3 is 30.0 Å². The molecular weight excluding hydrogens is 560 g/mol. The molecule has 0 atom stereocenters. The summed E-state index contributed by atoms with van der Waals surface area (Å²) in [5.74, 6) is 3.83. The molecule has 2 amide bonds. The van der Waals surface area contributed by atoms with Crippen LogP contribution in [0.15, 0.2) is 72.9 Å². The van der Waals surface area contributed by atoms with E-state index in [4.69, 9.17) is 20.6 Å². The molecular formula is C34H36N4O6. The number of carbonyl (C=O) groups is 2. The molecule has 0 aliphatic carbocycles. The average molecular weight is 597 g/mol. The van der Waals surface area contributed by atoms with Gasteiger partial charge in [0.25, 0.3) is 5.91 Å². The van der Waals surface area contributed by atoms with Crippen molar-refractivity contribution in [3.63, 3.8) is 0 Å². The number of benzene rings is 3. The van der Waals surface area contributed by atoms with E-state index in [1.165, 1.54) is 4.90 Å². The molecule has 44 heavy (non-hydrogen) atoms. The number of ether oxygens (including phenoxy) is 3. The van der Waals surface area contributed by atoms with Gasteiger partial charge in [0.2, 0.25) is 0 Å². The van der Waals surface area contributed by atoms with Crippen molar-refractivity contribution in [1.82, 2.24) is 10.3 Å². The second-order valence-corrected chi connectivity index (χ2v) is 10.8. The third-order valence-corrected chi connectivity index (χ3v) is 6.52. The lowest BCUT2D eigenvalue weighted by Crippen LogP contribution is -2.45. The summed E-state index contributed by atoms with van der Waals surface area (Å²) in [5, 5.41) is 17.5. The van der Waals surface area contributed by atoms with Gasteiger partial charge in [-0.2, -0.15) is 0 Å². The number of nitrogens with one attached hydrogen (secondary N) is 2. The molecule has 228 valence electrons. The lowest BCUT2D eigenvalue weighted by Gasteiger charge is -2.34. The zero-order valence-corrected chi connectivity index (χ0v) is 25.2. The zero-order chi connectivity index (χ0) is 31.7. The van der Waals surface area contributed by atoms with Crippen LogP contribution in [0.5, 0.6) is 11.5 Å². The molecule has 0 unspecified atom stereocenters. The Morgan fingerprint density at radius 2 is 1.77 bits per heavy atom. The minimum atomic E-state index is -1.04. The standard InChI is InChI=1S/C34H36N4O6/c1-6-23-19-24(32(39)36-15-16-43-18-17-42-5)21-25(20-23)37-31-22-26(13-14-35-31)44-30-12-11-29(27-9-7-8-10-28(27)30)38(33(40)41)34(2,3)4/h1,7-14,19-22H,15-18H2,2-5H3,(H,35,37)(H,36,39)(H,40,41). The molecule has 10 nitrogen and oxygen atoms in total. The molecule has 1 aromatic heterocycles. The molecule has 0 aliphatic heterocycles. The monoisotopic (exact) mass is 596 g/mol. The number of hydrogen-bond acceptors (Lipinski definition) is 7. The molecule has 0 saturated heterocycles. The Kier molecular flexibility index (Phi) is 10.4. The summed E-state index contributed by atoms with van der Waals surface area (Å²) < 4.78 is 16.6. The molecule has 0 radical (unpaired) electrons. The number of aromatic nitrogens is 1. The summed E-state index contributed by atoms with van der Waals surface area (Å²) in [4.78, 5) is 30.7. The number of methoxy groups -OCH3 is 1. The molecule has 3 aromatic carbocycles. The Morgan fingerprint density at radius 3 is 2.48 bits per heavy atom. The van der Waals surface area contributed by atoms with Crippen molar-refractivity contribution >= 4 is 40.0 Å². The Balaban J connectivity index is 1.54. The molecule has 1 heterocycles. The van der Waals surface area contributed by atoms with Crippen LogP contribution in [0.25, 0.3) is 10.8 Å². The van der Waals surface area contributed by atoms with Gasteiger partial charge in [-0.05, 0) is 57.2 Å². The molecule has 0 fully saturated rings. The van der Waals surface area contributed by atoms with Gasteiger partial charge in [0, 0.05) is 59.0 Å². The van der Waals surface area contributed by atoms with Crippen LogP contribution in [0.1, 0.15) is 36.7 Å². The smallest absolute Gasteiger partial charge is 0.412 e. The first-order valence-corrected chi connectivity index (χ1v) is 14.0. The maximum Gasteiger partial charge on any atom is 0.412 e. The number of pyridine rings is 1. The summed E-state index contributed by atoms with van der Waals surface area (Å²) >= 11 is 0. The van der Waals surface area contributed by atoms with E-state index in [-0.39, 0.29) is 5.91 Å². The van der Waals surface area contributed by atoms with Gasteiger partial charge in [-0.1, -0.05) is 30.2 Å². The van der Waals surface area contributed by atoms with E-state index < -0.39 is 11.6 Å². The Hall–Kier alpha value is -5.11. The Morgan fingerprint density at radius 1 is 1.00 bits per heavy atom. The van der Waals surface area contributed by atoms with E-state index in [2.05, 4.69) is 21.5 Å². The minimum absolute atomic E-state index is 0.284. The highest BCUT2D eigenvalue weighted by Gasteiger charge is 2.29. The summed E-state index contributed by atoms with van der Waals surface area (Å²) in [6, 6.07) is 19.5. The van der Waals surface area contributed by atoms with Gasteiger partial charge in [-0.3, -0.25) is 9.69 Å². The van der Waals surface area contributed by atoms with Crippen LogP contribution in [-0.4, -0.2) is 61.1 Å². The number of carboxylic acid groups (broad SMARTS) is 1. The maximum atomic E-state index is 12.8. The highest BCUT2D eigenvalue weighted by molar-refractivity contribution is 6.04. The van der Waals surface area contributed by atoms with Crippen molar-refractivity contribution in [3.8, 4) is 23.8 Å². The van der Waals surface area contributed by atoms with E-state index in [1.54, 1.807) is 55.8 Å². The predicted molar refractivity (Wildman–Crippen MR) is 171 cm³/mol. The first kappa shape index (κ1) is 31.8. The zero-order valence-electron chi connectivity index (χ0n) is 25.2. The Labute approximate surface area is 257 Å². The van der Waals surface area contributed by atoms with Gasteiger partial charge >= 0.3 is 6.09 Å². The van der Waals surface area contributed by atoms with Crippen molar-refractivity contribution in [2.45, 2.75) is 26.3 Å². The number of amides is 2. The highest BCUT2D eigenvalue weighted by Crippen LogP contribution is 2.38. The number of terminal acetylenes is 1. The van der Waals surface area contributed by atoms with E-state index in [0.717, 1.165) is 10.8 Å². The lowest BCUT2D eigenvalue weighted by atomic mass is 10.0. The van der Waals surface area contributed by atoms with Gasteiger partial charge in [0.15, 0.2) is 0 Å². The van der Waals surface area contributed by atoms with Crippen LogP contribution in [0, 0.1) is 12.3 Å². The number of nitrogens with zero attached hydrogens (tertiary/aromatic N) is 2. The summed E-state index contributed by atoms with van der Waals surface area (Å²) in [6.07, 6.45) is 6.22. The van der Waals surface area contributed by atoms with Crippen LogP contribution in [-0.2, 0) is 9.47 Å². The fourth-order valence-corrected chi connectivity index (χ4v) is 4.61. The first-order valence-electron chi connectivity index (χ1n) is 14.0. The maximum absolute atomic E-state index is 12.8.